The van der Waals surface area contributed by atoms with Crippen LogP contribution >= 0.6 is 22.9 Å². The molecule has 0 spiro atoms. The molecule has 1 heterocycles. The molecule has 0 aliphatic rings. The topological polar surface area (TPSA) is 46.3 Å². The maximum Gasteiger partial charge on any atom is 0.222 e. The van der Waals surface area contributed by atoms with Crippen LogP contribution in [0, 0.1) is 0 Å². The van der Waals surface area contributed by atoms with E-state index in [4.69, 9.17) is 17.3 Å². The molecule has 1 aromatic rings. The number of nitrogens with zero attached hydrogens (tertiary/aromatic N) is 1. The minimum absolute atomic E-state index is 0.0967. The van der Waals surface area contributed by atoms with Crippen LogP contribution in [0.5, 0.6) is 0 Å². The van der Waals surface area contributed by atoms with Crippen LogP contribution in [0.15, 0.2) is 11.4 Å². The number of carbonyl (C=O) groups excluding carboxylic acids is 1. The first-order valence-electron chi connectivity index (χ1n) is 5.23. The molecule has 3 nitrogen and oxygen atoms in total. The van der Waals surface area contributed by atoms with Crippen LogP contribution < -0.4 is 5.73 Å². The van der Waals surface area contributed by atoms with Crippen molar-refractivity contribution in [3.05, 3.63) is 21.3 Å². The fourth-order valence-electron chi connectivity index (χ4n) is 1.30. The monoisotopic (exact) mass is 260 g/mol. The van der Waals surface area contributed by atoms with E-state index in [9.17, 15) is 4.79 Å². The van der Waals surface area contributed by atoms with Crippen molar-refractivity contribution in [1.82, 2.24) is 4.90 Å². The largest absolute Gasteiger partial charge is 0.342 e. The zero-order chi connectivity index (χ0) is 12.1. The minimum atomic E-state index is 0.0967. The lowest BCUT2D eigenvalue weighted by Crippen LogP contribution is -2.39. The van der Waals surface area contributed by atoms with Gasteiger partial charge in [-0.1, -0.05) is 11.6 Å². The van der Waals surface area contributed by atoms with Gasteiger partial charge in [0.15, 0.2) is 0 Å². The Morgan fingerprint density at radius 2 is 2.38 bits per heavy atom. The Morgan fingerprint density at radius 1 is 1.69 bits per heavy atom. The third-order valence-electron chi connectivity index (χ3n) is 2.60. The molecule has 1 atom stereocenters. The Balaban J connectivity index is 2.40. The van der Waals surface area contributed by atoms with E-state index in [-0.39, 0.29) is 11.9 Å². The second-order valence-corrected chi connectivity index (χ2v) is 5.25. The molecule has 2 N–H and O–H groups in total. The zero-order valence-corrected chi connectivity index (χ0v) is 11.1. The molecule has 0 aromatic carbocycles. The first-order valence-corrected chi connectivity index (χ1v) is 6.49. The molecule has 0 radical (unpaired) electrons. The lowest BCUT2D eigenvalue weighted by atomic mass is 10.2. The van der Waals surface area contributed by atoms with Crippen LogP contribution in [0.3, 0.4) is 0 Å². The minimum Gasteiger partial charge on any atom is -0.342 e. The Bertz CT molecular complexity index is 354. The van der Waals surface area contributed by atoms with Crippen molar-refractivity contribution in [2.45, 2.75) is 25.8 Å². The highest BCUT2D eigenvalue weighted by Crippen LogP contribution is 2.20. The first kappa shape index (κ1) is 13.5. The smallest absolute Gasteiger partial charge is 0.222 e. The van der Waals surface area contributed by atoms with E-state index in [0.29, 0.717) is 13.0 Å². The van der Waals surface area contributed by atoms with Gasteiger partial charge in [-0.15, -0.1) is 11.3 Å². The number of hydrogen-bond donors (Lipinski definition) is 1. The van der Waals surface area contributed by atoms with Gasteiger partial charge in [0.1, 0.15) is 0 Å². The predicted octanol–water partition coefficient (Wildman–Crippen LogP) is 2.14. The normalized spacial score (nSPS) is 12.5. The number of rotatable bonds is 5. The van der Waals surface area contributed by atoms with Gasteiger partial charge >= 0.3 is 0 Å². The Labute approximate surface area is 105 Å². The maximum atomic E-state index is 11.8. The van der Waals surface area contributed by atoms with Crippen molar-refractivity contribution in [3.63, 3.8) is 0 Å². The van der Waals surface area contributed by atoms with Gasteiger partial charge in [-0.25, -0.2) is 0 Å². The number of halogens is 1. The molecule has 90 valence electrons. The Hall–Kier alpha value is -0.580. The summed E-state index contributed by atoms with van der Waals surface area (Å²) in [7, 11) is 1.79. The number of hydrogen-bond acceptors (Lipinski definition) is 3. The highest BCUT2D eigenvalue weighted by Gasteiger charge is 2.14. The van der Waals surface area contributed by atoms with Crippen molar-refractivity contribution in [3.8, 4) is 0 Å². The van der Waals surface area contributed by atoms with E-state index in [0.717, 1.165) is 16.3 Å². The number of carbonyl (C=O) groups is 1. The summed E-state index contributed by atoms with van der Waals surface area (Å²) >= 11 is 7.40. The maximum absolute atomic E-state index is 11.8. The second-order valence-electron chi connectivity index (χ2n) is 3.82. The molecule has 1 unspecified atom stereocenters. The molecule has 0 aliphatic carbocycles. The van der Waals surface area contributed by atoms with Crippen molar-refractivity contribution >= 4 is 28.8 Å². The van der Waals surface area contributed by atoms with Crippen LogP contribution in [0.4, 0.5) is 0 Å². The van der Waals surface area contributed by atoms with Gasteiger partial charge in [-0.3, -0.25) is 4.79 Å². The number of thiophene rings is 1. The summed E-state index contributed by atoms with van der Waals surface area (Å²) in [4.78, 5) is 14.6. The summed E-state index contributed by atoms with van der Waals surface area (Å²) in [5.41, 5.74) is 5.51. The SMILES string of the molecule is CC(CN)N(C)C(=O)CCc1cc(Cl)cs1. The fraction of sp³-hybridized carbons (Fsp3) is 0.545. The number of likely N-dealkylation sites (N-methyl/N-ethyl adjacent to an activating group) is 1. The summed E-state index contributed by atoms with van der Waals surface area (Å²) in [6.45, 7) is 2.44. The second kappa shape index (κ2) is 6.23. The Morgan fingerprint density at radius 3 is 2.88 bits per heavy atom. The van der Waals surface area contributed by atoms with Crippen molar-refractivity contribution < 1.29 is 4.79 Å². The Kier molecular flexibility index (Phi) is 5.25. The summed E-state index contributed by atoms with van der Waals surface area (Å²) in [6.07, 6.45) is 1.26. The average molecular weight is 261 g/mol. The molecular weight excluding hydrogens is 244 g/mol. The van der Waals surface area contributed by atoms with Gasteiger partial charge in [0.2, 0.25) is 5.91 Å². The highest BCUT2D eigenvalue weighted by molar-refractivity contribution is 7.10. The van der Waals surface area contributed by atoms with Crippen LogP contribution in [0.25, 0.3) is 0 Å². The lowest BCUT2D eigenvalue weighted by molar-refractivity contribution is -0.131. The van der Waals surface area contributed by atoms with Crippen molar-refractivity contribution in [2.24, 2.45) is 5.73 Å². The highest BCUT2D eigenvalue weighted by atomic mass is 35.5. The van der Waals surface area contributed by atoms with Crippen molar-refractivity contribution in [1.29, 1.82) is 0 Å². The van der Waals surface area contributed by atoms with Crippen LogP contribution in [0.2, 0.25) is 5.02 Å². The van der Waals surface area contributed by atoms with Gasteiger partial charge in [-0.2, -0.15) is 0 Å². The number of aryl methyl sites for hydroxylation is 1. The quantitative estimate of drug-likeness (QED) is 0.882. The molecule has 1 rings (SSSR count). The summed E-state index contributed by atoms with van der Waals surface area (Å²) in [5, 5.41) is 2.63. The summed E-state index contributed by atoms with van der Waals surface area (Å²) < 4.78 is 0. The summed E-state index contributed by atoms with van der Waals surface area (Å²) in [5.74, 6) is 0.127. The fourth-order valence-corrected chi connectivity index (χ4v) is 2.37. The third kappa shape index (κ3) is 3.77. The van der Waals surface area contributed by atoms with E-state index in [2.05, 4.69) is 0 Å². The van der Waals surface area contributed by atoms with E-state index in [1.54, 1.807) is 23.3 Å². The van der Waals surface area contributed by atoms with Crippen molar-refractivity contribution in [2.75, 3.05) is 13.6 Å². The number of nitrogens with two attached hydrogens (primary N) is 1. The van der Waals surface area contributed by atoms with Gasteiger partial charge in [0.05, 0.1) is 5.02 Å². The molecule has 5 heteroatoms. The molecule has 0 bridgehead atoms. The number of amides is 1. The summed E-state index contributed by atoms with van der Waals surface area (Å²) in [6, 6.07) is 2.01. The van der Waals surface area contributed by atoms with Crippen LogP contribution in [-0.2, 0) is 11.2 Å². The molecular formula is C11H17ClN2OS. The van der Waals surface area contributed by atoms with Crippen LogP contribution in [0.1, 0.15) is 18.2 Å². The zero-order valence-electron chi connectivity index (χ0n) is 9.57. The van der Waals surface area contributed by atoms with Crippen LogP contribution in [-0.4, -0.2) is 30.4 Å². The van der Waals surface area contributed by atoms with E-state index >= 15 is 0 Å². The molecule has 0 aliphatic heterocycles. The first-order chi connectivity index (χ1) is 7.54. The average Bonchev–Trinajstić information content (AvgIpc) is 2.69. The molecule has 0 saturated heterocycles. The van der Waals surface area contributed by atoms with Gasteiger partial charge in [-0.05, 0) is 19.4 Å². The molecule has 1 aromatic heterocycles. The molecule has 0 fully saturated rings. The predicted molar refractivity (Wildman–Crippen MR) is 68.9 cm³/mol. The van der Waals surface area contributed by atoms with E-state index in [1.807, 2.05) is 18.4 Å². The van der Waals surface area contributed by atoms with Gasteiger partial charge in [0.25, 0.3) is 0 Å². The standard InChI is InChI=1S/C11H17ClN2OS/c1-8(6-13)14(2)11(15)4-3-10-5-9(12)7-16-10/h5,7-8H,3-4,6,13H2,1-2H3. The lowest BCUT2D eigenvalue weighted by Gasteiger charge is -2.23. The molecule has 16 heavy (non-hydrogen) atoms. The molecule has 1 amide bonds. The van der Waals surface area contributed by atoms with Gasteiger partial charge in [0, 0.05) is 36.3 Å². The van der Waals surface area contributed by atoms with Gasteiger partial charge < -0.3 is 10.6 Å². The third-order valence-corrected chi connectivity index (χ3v) is 3.95. The molecule has 0 saturated carbocycles. The van der Waals surface area contributed by atoms with E-state index < -0.39 is 0 Å². The van der Waals surface area contributed by atoms with E-state index in [1.165, 1.54) is 0 Å².